The van der Waals surface area contributed by atoms with Crippen molar-refractivity contribution in [1.29, 1.82) is 0 Å². The van der Waals surface area contributed by atoms with Crippen LogP contribution in [0.3, 0.4) is 0 Å². The topological polar surface area (TPSA) is 155 Å². The Bertz CT molecular complexity index is 440. The molecule has 0 aliphatic heterocycles. The van der Waals surface area contributed by atoms with Crippen LogP contribution in [0.2, 0.25) is 0 Å². The van der Waals surface area contributed by atoms with Crippen LogP contribution in [-0.4, -0.2) is 17.9 Å². The predicted molar refractivity (Wildman–Crippen MR) is 65.3 cm³/mol. The number of nitrogens with one attached hydrogen (secondary N) is 1. The zero-order valence-electron chi connectivity index (χ0n) is 15.2. The van der Waals surface area contributed by atoms with Crippen LogP contribution in [0, 0.1) is 0 Å². The third kappa shape index (κ3) is 20.2. The van der Waals surface area contributed by atoms with Gasteiger partial charge in [-0.05, 0) is 26.7 Å². The van der Waals surface area contributed by atoms with Crippen molar-refractivity contribution in [3.8, 4) is 0 Å². The van der Waals surface area contributed by atoms with Gasteiger partial charge in [0.25, 0.3) is 0 Å². The number of carbonyl (C=O) groups is 1. The van der Waals surface area contributed by atoms with Crippen molar-refractivity contribution >= 4 is 21.1 Å². The third-order valence-electron chi connectivity index (χ3n) is 2.38. The molecule has 0 unspecified atom stereocenters. The summed E-state index contributed by atoms with van der Waals surface area (Å²) < 4.78 is 21.4. The van der Waals surface area contributed by atoms with Crippen LogP contribution >= 0.6 is 15.2 Å². The largest absolute Gasteiger partial charge is 1.00 e. The fraction of sp³-hybridized carbons (Fsp3) is 0.700. The van der Waals surface area contributed by atoms with Gasteiger partial charge in [0, 0.05) is 18.4 Å². The number of amides is 1. The van der Waals surface area contributed by atoms with Gasteiger partial charge in [-0.3, -0.25) is 4.79 Å². The first-order valence-corrected chi connectivity index (χ1v) is 9.10. The Labute approximate surface area is 231 Å². The van der Waals surface area contributed by atoms with E-state index in [1.807, 2.05) is 19.9 Å². The van der Waals surface area contributed by atoms with Crippen molar-refractivity contribution in [2.24, 2.45) is 0 Å². The van der Waals surface area contributed by atoms with E-state index in [4.69, 9.17) is 0 Å². The van der Waals surface area contributed by atoms with Crippen molar-refractivity contribution in [2.75, 3.05) is 6.54 Å². The van der Waals surface area contributed by atoms with Gasteiger partial charge in [-0.1, -0.05) is 26.8 Å². The fourth-order valence-electron chi connectivity index (χ4n) is 1.41. The summed E-state index contributed by atoms with van der Waals surface area (Å²) in [6.45, 7) is 3.37. The molecule has 0 aromatic carbocycles. The summed E-state index contributed by atoms with van der Waals surface area (Å²) in [5.74, 6) is -0.417. The number of rotatable bonds is 8. The summed E-state index contributed by atoms with van der Waals surface area (Å²) >= 11 is 0. The number of hydrogen-bond acceptors (Lipinski definition) is 7. The molecule has 0 aliphatic rings. The Morgan fingerprint density at radius 1 is 1.00 bits per heavy atom. The predicted octanol–water partition coefficient (Wildman–Crippen LogP) is -13.6. The second-order valence-corrected chi connectivity index (χ2v) is 8.33. The molecule has 8 nitrogen and oxygen atoms in total. The first kappa shape index (κ1) is 38.2. The molecule has 0 rings (SSSR count). The van der Waals surface area contributed by atoms with Crippen molar-refractivity contribution in [2.45, 2.75) is 38.5 Å². The van der Waals surface area contributed by atoms with Gasteiger partial charge in [-0.2, -0.15) is 0 Å². The first-order valence-electron chi connectivity index (χ1n) is 5.88. The normalized spacial score (nSPS) is 10.3. The van der Waals surface area contributed by atoms with Gasteiger partial charge in [0.1, 0.15) is 0 Å². The van der Waals surface area contributed by atoms with E-state index in [1.165, 1.54) is 0 Å². The van der Waals surface area contributed by atoms with Crippen LogP contribution in [-0.2, 0) is 13.9 Å². The second-order valence-electron chi connectivity index (χ2n) is 4.52. The molecule has 0 saturated heterocycles. The molecule has 0 aromatic heterocycles. The van der Waals surface area contributed by atoms with Crippen LogP contribution in [0.4, 0.5) is 0 Å². The van der Waals surface area contributed by atoms with Crippen LogP contribution in [0.15, 0.2) is 11.6 Å². The molecule has 24 heavy (non-hydrogen) atoms. The van der Waals surface area contributed by atoms with E-state index in [-0.39, 0.29) is 131 Å². The molecule has 14 heteroatoms. The molecule has 0 aliphatic carbocycles. The Kier molecular flexibility index (Phi) is 29.5. The molecule has 0 heterocycles. The molecule has 1 N–H and O–H groups in total. The smallest absolute Gasteiger partial charge is 0.810 e. The molecule has 0 radical (unpaired) electrons. The molecule has 1 amide bonds. The summed E-state index contributed by atoms with van der Waals surface area (Å²) in [7, 11) is -11.1. The summed E-state index contributed by atoms with van der Waals surface area (Å²) in [4.78, 5) is 54.0. The van der Waals surface area contributed by atoms with E-state index in [2.05, 4.69) is 5.32 Å². The second kappa shape index (κ2) is 18.5. The van der Waals surface area contributed by atoms with Crippen molar-refractivity contribution < 1.29 is 152 Å². The first-order chi connectivity index (χ1) is 8.94. The average molecular weight is 417 g/mol. The Morgan fingerprint density at radius 2 is 1.42 bits per heavy atom. The molecular formula is C10H17NNa4O7P2. The molecule has 0 fully saturated rings. The molecule has 0 aromatic rings. The molecule has 0 spiro atoms. The number of hydrogen-bond donors (Lipinski definition) is 1. The minimum atomic E-state index is -5.54. The van der Waals surface area contributed by atoms with E-state index >= 15 is 0 Å². The summed E-state index contributed by atoms with van der Waals surface area (Å²) in [5.41, 5.74) is 1.04. The minimum Gasteiger partial charge on any atom is -0.810 e. The number of allylic oxidation sites excluding steroid dienone is 2. The van der Waals surface area contributed by atoms with Crippen LogP contribution in [0.1, 0.15) is 33.1 Å². The Balaban J connectivity index is -0.000000301. The summed E-state index contributed by atoms with van der Waals surface area (Å²) in [6.07, 6.45) is 1.73. The van der Waals surface area contributed by atoms with Gasteiger partial charge in [0.05, 0.1) is 0 Å². The van der Waals surface area contributed by atoms with E-state index in [0.717, 1.165) is 5.57 Å². The van der Waals surface area contributed by atoms with Gasteiger partial charge >= 0.3 is 118 Å². The summed E-state index contributed by atoms with van der Waals surface area (Å²) in [6, 6.07) is 0. The van der Waals surface area contributed by atoms with Gasteiger partial charge in [-0.15, -0.1) is 0 Å². The van der Waals surface area contributed by atoms with Crippen molar-refractivity contribution in [3.63, 3.8) is 0 Å². The third-order valence-corrected chi connectivity index (χ3v) is 6.05. The maximum atomic E-state index is 11.3. The van der Waals surface area contributed by atoms with Gasteiger partial charge in [-0.25, -0.2) is 0 Å². The van der Waals surface area contributed by atoms with Crippen LogP contribution in [0.5, 0.6) is 0 Å². The minimum absolute atomic E-state index is 0. The molecular weight excluding hydrogens is 400 g/mol. The van der Waals surface area contributed by atoms with Gasteiger partial charge in [0.15, 0.2) is 0 Å². The van der Waals surface area contributed by atoms with E-state index in [1.54, 1.807) is 0 Å². The molecule has 0 bridgehead atoms. The van der Waals surface area contributed by atoms with Crippen molar-refractivity contribution in [3.05, 3.63) is 11.6 Å². The average Bonchev–Trinajstić information content (AvgIpc) is 2.20. The summed E-state index contributed by atoms with van der Waals surface area (Å²) in [5, 5.41) is -0.255. The van der Waals surface area contributed by atoms with E-state index in [9.17, 15) is 33.5 Å². The van der Waals surface area contributed by atoms with Crippen LogP contribution in [0.25, 0.3) is 0 Å². The van der Waals surface area contributed by atoms with Gasteiger partial charge in [0.2, 0.25) is 5.91 Å². The fourth-order valence-corrected chi connectivity index (χ4v) is 3.69. The quantitative estimate of drug-likeness (QED) is 0.234. The zero-order valence-corrected chi connectivity index (χ0v) is 25.0. The van der Waals surface area contributed by atoms with E-state index < -0.39 is 32.9 Å². The molecule has 0 saturated carbocycles. The standard InChI is InChI=1S/C10H21NO7P2.4Na/c1-8(2)4-3-5-9(12)11-7-6-10(19(13,14)15)20(16,17)18;;;;/h4,10H,3,5-7H2,1-2H3,(H,11,12)(H2,13,14,15)(H2,16,17,18);;;;/q;4*+1/p-4. The monoisotopic (exact) mass is 417 g/mol. The van der Waals surface area contributed by atoms with Gasteiger partial charge < -0.3 is 34.0 Å². The zero-order chi connectivity index (χ0) is 16.0. The Hall–Kier alpha value is 3.51. The van der Waals surface area contributed by atoms with E-state index in [0.29, 0.717) is 6.42 Å². The SMILES string of the molecule is CC(C)=CCCC(=O)NCCC(P(=O)([O-])[O-])P(=O)([O-])[O-].[Na+].[Na+].[Na+].[Na+]. The maximum Gasteiger partial charge on any atom is 1.00 e. The maximum absolute atomic E-state index is 11.3. The molecule has 0 atom stereocenters. The molecule has 118 valence electrons. The van der Waals surface area contributed by atoms with Crippen LogP contribution < -0.4 is 143 Å². The number of carbonyl (C=O) groups excluding carboxylic acids is 1. The Morgan fingerprint density at radius 3 is 1.75 bits per heavy atom. The van der Waals surface area contributed by atoms with Crippen molar-refractivity contribution in [1.82, 2.24) is 5.32 Å².